The third-order valence-electron chi connectivity index (χ3n) is 5.94. The van der Waals surface area contributed by atoms with Gasteiger partial charge in [-0.05, 0) is 80.6 Å². The number of carboxylic acids is 1. The molecule has 4 unspecified atom stereocenters. The van der Waals surface area contributed by atoms with Crippen LogP contribution in [0.2, 0.25) is 0 Å². The number of thiocarbonyl (C=S) groups is 1. The van der Waals surface area contributed by atoms with Gasteiger partial charge in [-0.15, -0.1) is 0 Å². The predicted molar refractivity (Wildman–Crippen MR) is 117 cm³/mol. The molecular formula is C22H29N3O2S. The average Bonchev–Trinajstić information content (AvgIpc) is 3.27. The van der Waals surface area contributed by atoms with Crippen LogP contribution in [0.15, 0.2) is 47.6 Å². The topological polar surface area (TPSA) is 73.7 Å². The molecular weight excluding hydrogens is 370 g/mol. The highest BCUT2D eigenvalue weighted by atomic mass is 32.1. The van der Waals surface area contributed by atoms with Gasteiger partial charge in [0.1, 0.15) is 0 Å². The van der Waals surface area contributed by atoms with Crippen molar-refractivity contribution < 1.29 is 9.90 Å². The molecule has 28 heavy (non-hydrogen) atoms. The maximum atomic E-state index is 10.6. The maximum Gasteiger partial charge on any atom is 0.303 e. The summed E-state index contributed by atoms with van der Waals surface area (Å²) in [7, 11) is 0. The molecule has 0 heterocycles. The molecule has 1 aromatic carbocycles. The Bertz CT molecular complexity index is 720. The number of anilines is 1. The molecule has 2 fully saturated rings. The fraction of sp³-hybridized carbons (Fsp3) is 0.500. The number of hydrogen-bond donors (Lipinski definition) is 3. The molecule has 0 aliphatic heterocycles. The molecule has 2 aliphatic rings. The van der Waals surface area contributed by atoms with Gasteiger partial charge < -0.3 is 10.4 Å². The summed E-state index contributed by atoms with van der Waals surface area (Å²) in [6.07, 6.45) is 13.2. The minimum atomic E-state index is -0.718. The molecule has 0 radical (unpaired) electrons. The molecule has 2 aliphatic carbocycles. The first-order valence-electron chi connectivity index (χ1n) is 10.2. The monoisotopic (exact) mass is 399 g/mol. The molecule has 0 amide bonds. The van der Waals surface area contributed by atoms with Crippen LogP contribution in [0.5, 0.6) is 0 Å². The molecule has 3 rings (SSSR count). The lowest BCUT2D eigenvalue weighted by Crippen LogP contribution is -2.27. The van der Waals surface area contributed by atoms with Crippen molar-refractivity contribution in [3.8, 4) is 0 Å². The number of hydrazone groups is 1. The number of nitrogens with zero attached hydrogens (tertiary/aromatic N) is 1. The molecule has 0 spiro atoms. The van der Waals surface area contributed by atoms with Gasteiger partial charge in [-0.2, -0.15) is 5.10 Å². The second-order valence-corrected chi connectivity index (χ2v) is 8.19. The fourth-order valence-corrected chi connectivity index (χ4v) is 4.81. The van der Waals surface area contributed by atoms with E-state index in [0.717, 1.165) is 30.4 Å². The van der Waals surface area contributed by atoms with E-state index in [1.54, 1.807) is 0 Å². The summed E-state index contributed by atoms with van der Waals surface area (Å²) in [5.74, 6) is 1.94. The first-order valence-corrected chi connectivity index (χ1v) is 10.6. The highest BCUT2D eigenvalue weighted by Gasteiger charge is 2.45. The number of carboxylic acid groups (broad SMARTS) is 1. The van der Waals surface area contributed by atoms with Gasteiger partial charge in [0.2, 0.25) is 0 Å². The Hall–Kier alpha value is -2.21. The summed E-state index contributed by atoms with van der Waals surface area (Å²) < 4.78 is 0. The van der Waals surface area contributed by atoms with Crippen molar-refractivity contribution in [2.45, 2.75) is 44.9 Å². The normalized spacial score (nSPS) is 26.1. The van der Waals surface area contributed by atoms with E-state index in [-0.39, 0.29) is 6.42 Å². The number of rotatable bonds is 9. The number of benzene rings is 1. The van der Waals surface area contributed by atoms with Crippen molar-refractivity contribution in [2.24, 2.45) is 28.8 Å². The number of carbonyl (C=O) groups is 1. The van der Waals surface area contributed by atoms with Gasteiger partial charge in [0.15, 0.2) is 5.11 Å². The van der Waals surface area contributed by atoms with Gasteiger partial charge in [0, 0.05) is 24.2 Å². The van der Waals surface area contributed by atoms with Gasteiger partial charge in [0.05, 0.1) is 0 Å². The largest absolute Gasteiger partial charge is 0.481 e. The lowest BCUT2D eigenvalue weighted by molar-refractivity contribution is -0.137. The van der Waals surface area contributed by atoms with Crippen LogP contribution >= 0.6 is 12.2 Å². The smallest absolute Gasteiger partial charge is 0.303 e. The van der Waals surface area contributed by atoms with Crippen LogP contribution in [0.4, 0.5) is 5.69 Å². The third kappa shape index (κ3) is 5.89. The lowest BCUT2D eigenvalue weighted by atomic mass is 9.78. The van der Waals surface area contributed by atoms with Crippen molar-refractivity contribution in [2.75, 3.05) is 5.32 Å². The van der Waals surface area contributed by atoms with Crippen molar-refractivity contribution in [1.82, 2.24) is 5.43 Å². The van der Waals surface area contributed by atoms with Crippen LogP contribution in [0.25, 0.3) is 0 Å². The van der Waals surface area contributed by atoms with E-state index in [2.05, 4.69) is 34.2 Å². The quantitative estimate of drug-likeness (QED) is 0.182. The summed E-state index contributed by atoms with van der Waals surface area (Å²) in [6, 6.07) is 9.82. The summed E-state index contributed by atoms with van der Waals surface area (Å²) in [5, 5.41) is 16.8. The molecule has 3 N–H and O–H groups in total. The van der Waals surface area contributed by atoms with E-state index in [9.17, 15) is 4.79 Å². The van der Waals surface area contributed by atoms with Crippen LogP contribution in [0, 0.1) is 23.7 Å². The van der Waals surface area contributed by atoms with E-state index in [0.29, 0.717) is 23.4 Å². The molecule has 2 bridgehead atoms. The van der Waals surface area contributed by atoms with Crippen LogP contribution in [-0.4, -0.2) is 22.4 Å². The Balaban J connectivity index is 1.46. The maximum absolute atomic E-state index is 10.6. The second kappa shape index (κ2) is 10.4. The van der Waals surface area contributed by atoms with E-state index in [4.69, 9.17) is 17.3 Å². The van der Waals surface area contributed by atoms with E-state index in [1.807, 2.05) is 30.3 Å². The van der Waals surface area contributed by atoms with Crippen LogP contribution in [-0.2, 0) is 4.79 Å². The summed E-state index contributed by atoms with van der Waals surface area (Å²) >= 11 is 5.31. The van der Waals surface area contributed by atoms with Gasteiger partial charge in [-0.1, -0.05) is 30.4 Å². The van der Waals surface area contributed by atoms with Crippen molar-refractivity contribution in [3.05, 3.63) is 42.5 Å². The molecule has 6 heteroatoms. The number of para-hydroxylation sites is 1. The highest BCUT2D eigenvalue weighted by Crippen LogP contribution is 2.52. The zero-order valence-corrected chi connectivity index (χ0v) is 16.9. The van der Waals surface area contributed by atoms with Gasteiger partial charge in [-0.3, -0.25) is 10.2 Å². The predicted octanol–water partition coefficient (Wildman–Crippen LogP) is 4.82. The van der Waals surface area contributed by atoms with E-state index >= 15 is 0 Å². The number of aliphatic carboxylic acids is 1. The zero-order chi connectivity index (χ0) is 19.8. The Morgan fingerprint density at radius 1 is 1.21 bits per heavy atom. The summed E-state index contributed by atoms with van der Waals surface area (Å²) in [6.45, 7) is 0. The SMILES string of the molecule is O=C(O)CCCC=CCC1C2CCC(C2)C1C=NNC(=S)Nc1ccccc1. The zero-order valence-electron chi connectivity index (χ0n) is 16.1. The number of unbranched alkanes of at least 4 members (excludes halogenated alkanes) is 1. The average molecular weight is 400 g/mol. The number of nitrogens with one attached hydrogen (secondary N) is 2. The molecule has 150 valence electrons. The van der Waals surface area contributed by atoms with Gasteiger partial charge >= 0.3 is 5.97 Å². The Labute approximate surface area is 172 Å². The van der Waals surface area contributed by atoms with Gasteiger partial charge in [-0.25, -0.2) is 0 Å². The Morgan fingerprint density at radius 2 is 2.00 bits per heavy atom. The molecule has 0 saturated heterocycles. The lowest BCUT2D eigenvalue weighted by Gasteiger charge is -2.27. The van der Waals surface area contributed by atoms with E-state index in [1.165, 1.54) is 19.3 Å². The highest BCUT2D eigenvalue weighted by molar-refractivity contribution is 7.80. The second-order valence-electron chi connectivity index (χ2n) is 7.78. The van der Waals surface area contributed by atoms with Crippen LogP contribution < -0.4 is 10.7 Å². The summed E-state index contributed by atoms with van der Waals surface area (Å²) in [5.41, 5.74) is 3.89. The molecule has 0 aromatic heterocycles. The van der Waals surface area contributed by atoms with E-state index < -0.39 is 5.97 Å². The summed E-state index contributed by atoms with van der Waals surface area (Å²) in [4.78, 5) is 10.6. The van der Waals surface area contributed by atoms with Crippen molar-refractivity contribution in [1.29, 1.82) is 0 Å². The first-order chi connectivity index (χ1) is 13.6. The minimum Gasteiger partial charge on any atom is -0.481 e. The molecule has 1 aromatic rings. The Kier molecular flexibility index (Phi) is 7.60. The standard InChI is InChI=1S/C22H29N3O2S/c26-21(27)11-7-2-1-6-10-19-16-12-13-17(14-16)20(19)15-23-25-22(28)24-18-8-4-3-5-9-18/h1,3-6,8-9,15-17,19-20H,2,7,10-14H2,(H,26,27)(H2,24,25,28). The Morgan fingerprint density at radius 3 is 2.79 bits per heavy atom. The number of hydrogen-bond acceptors (Lipinski definition) is 3. The third-order valence-corrected chi connectivity index (χ3v) is 6.13. The fourth-order valence-electron chi connectivity index (χ4n) is 4.64. The van der Waals surface area contributed by atoms with Crippen LogP contribution in [0.1, 0.15) is 44.9 Å². The molecule has 2 saturated carbocycles. The number of allylic oxidation sites excluding steroid dienone is 2. The first kappa shape index (κ1) is 20.5. The molecule has 5 nitrogen and oxygen atoms in total. The van der Waals surface area contributed by atoms with Gasteiger partial charge in [0.25, 0.3) is 0 Å². The molecule has 4 atom stereocenters. The minimum absolute atomic E-state index is 0.246. The van der Waals surface area contributed by atoms with Crippen molar-refractivity contribution >= 4 is 35.2 Å². The van der Waals surface area contributed by atoms with Crippen LogP contribution in [0.3, 0.4) is 0 Å². The van der Waals surface area contributed by atoms with Crippen molar-refractivity contribution in [3.63, 3.8) is 0 Å². The number of fused-ring (bicyclic) bond motifs is 2.